The Kier molecular flexibility index (Phi) is 5.35. The highest BCUT2D eigenvalue weighted by atomic mass is 16.5. The molecule has 0 aliphatic carbocycles. The summed E-state index contributed by atoms with van der Waals surface area (Å²) in [5.41, 5.74) is 0.657. The van der Waals surface area contributed by atoms with Crippen molar-refractivity contribution >= 4 is 11.7 Å². The number of aromatic nitrogens is 1. The Balaban J connectivity index is 2.02. The van der Waals surface area contributed by atoms with Crippen molar-refractivity contribution in [2.75, 3.05) is 31.6 Å². The first kappa shape index (κ1) is 14.8. The molecule has 20 heavy (non-hydrogen) atoms. The minimum Gasteiger partial charge on any atom is -0.378 e. The van der Waals surface area contributed by atoms with E-state index in [1.165, 1.54) is 0 Å². The molecule has 2 rings (SSSR count). The molecule has 0 spiro atoms. The summed E-state index contributed by atoms with van der Waals surface area (Å²) in [4.78, 5) is 18.7. The third kappa shape index (κ3) is 3.48. The number of hydrogen-bond donors (Lipinski definition) is 1. The normalized spacial score (nSPS) is 16.2. The number of hydrogen-bond acceptors (Lipinski definition) is 4. The second-order valence-electron chi connectivity index (χ2n) is 4.88. The van der Waals surface area contributed by atoms with E-state index in [0.29, 0.717) is 17.5 Å². The van der Waals surface area contributed by atoms with Crippen LogP contribution in [0.5, 0.6) is 0 Å². The number of nitrogens with one attached hydrogen (secondary N) is 1. The molecule has 0 atom stereocenters. The number of amides is 1. The number of rotatable bonds is 5. The van der Waals surface area contributed by atoms with Crippen LogP contribution in [0.2, 0.25) is 0 Å². The number of piperidine rings is 1. The Morgan fingerprint density at radius 3 is 2.85 bits per heavy atom. The smallest absolute Gasteiger partial charge is 0.257 e. The fourth-order valence-electron chi connectivity index (χ4n) is 2.52. The third-order valence-corrected chi connectivity index (χ3v) is 3.51. The van der Waals surface area contributed by atoms with Crippen LogP contribution in [0.15, 0.2) is 18.3 Å². The van der Waals surface area contributed by atoms with Gasteiger partial charge in [0.25, 0.3) is 5.91 Å². The monoisotopic (exact) mass is 277 g/mol. The van der Waals surface area contributed by atoms with Crippen molar-refractivity contribution in [1.82, 2.24) is 9.88 Å². The minimum atomic E-state index is 0.0593. The number of anilines is 1. The van der Waals surface area contributed by atoms with Crippen LogP contribution >= 0.6 is 0 Å². The first-order valence-electron chi connectivity index (χ1n) is 7.36. The predicted molar refractivity (Wildman–Crippen MR) is 79.0 cm³/mol. The van der Waals surface area contributed by atoms with Gasteiger partial charge in [0.15, 0.2) is 0 Å². The van der Waals surface area contributed by atoms with Crippen LogP contribution in [-0.4, -0.2) is 48.1 Å². The summed E-state index contributed by atoms with van der Waals surface area (Å²) in [6.45, 7) is 7.01. The van der Waals surface area contributed by atoms with Gasteiger partial charge >= 0.3 is 0 Å². The van der Waals surface area contributed by atoms with Crippen LogP contribution in [-0.2, 0) is 4.74 Å². The van der Waals surface area contributed by atoms with Crippen molar-refractivity contribution in [3.05, 3.63) is 23.9 Å². The number of ether oxygens (including phenoxy) is 1. The van der Waals surface area contributed by atoms with Gasteiger partial charge in [0.1, 0.15) is 5.82 Å². The SMILES string of the molecule is CCNc1ncccc1C(=O)N1CCC(OCC)CC1. The van der Waals surface area contributed by atoms with Gasteiger partial charge in [-0.2, -0.15) is 0 Å². The van der Waals surface area contributed by atoms with E-state index in [-0.39, 0.29) is 5.91 Å². The maximum Gasteiger partial charge on any atom is 0.257 e. The summed E-state index contributed by atoms with van der Waals surface area (Å²) in [5.74, 6) is 0.732. The molecule has 1 aliphatic heterocycles. The Bertz CT molecular complexity index is 442. The van der Waals surface area contributed by atoms with Gasteiger partial charge in [0, 0.05) is 32.4 Å². The molecule has 0 bridgehead atoms. The van der Waals surface area contributed by atoms with Gasteiger partial charge in [-0.25, -0.2) is 4.98 Å². The molecule has 0 radical (unpaired) electrons. The topological polar surface area (TPSA) is 54.5 Å². The highest BCUT2D eigenvalue weighted by Gasteiger charge is 2.25. The second-order valence-corrected chi connectivity index (χ2v) is 4.88. The zero-order valence-electron chi connectivity index (χ0n) is 12.3. The highest BCUT2D eigenvalue weighted by molar-refractivity contribution is 5.98. The molecule has 1 fully saturated rings. The quantitative estimate of drug-likeness (QED) is 0.896. The van der Waals surface area contributed by atoms with E-state index in [2.05, 4.69) is 10.3 Å². The second kappa shape index (κ2) is 7.24. The Morgan fingerprint density at radius 2 is 2.20 bits per heavy atom. The van der Waals surface area contributed by atoms with E-state index in [9.17, 15) is 4.79 Å². The Morgan fingerprint density at radius 1 is 1.45 bits per heavy atom. The van der Waals surface area contributed by atoms with Crippen LogP contribution in [0.1, 0.15) is 37.0 Å². The number of nitrogens with zero attached hydrogens (tertiary/aromatic N) is 2. The lowest BCUT2D eigenvalue weighted by Gasteiger charge is -2.32. The number of pyridine rings is 1. The van der Waals surface area contributed by atoms with E-state index in [1.807, 2.05) is 24.8 Å². The van der Waals surface area contributed by atoms with Gasteiger partial charge < -0.3 is 15.0 Å². The lowest BCUT2D eigenvalue weighted by atomic mass is 10.1. The molecule has 0 saturated carbocycles. The van der Waals surface area contributed by atoms with E-state index in [1.54, 1.807) is 12.3 Å². The fourth-order valence-corrected chi connectivity index (χ4v) is 2.52. The van der Waals surface area contributed by atoms with Gasteiger partial charge in [-0.15, -0.1) is 0 Å². The molecular weight excluding hydrogens is 254 g/mol. The van der Waals surface area contributed by atoms with Crippen molar-refractivity contribution in [2.24, 2.45) is 0 Å². The van der Waals surface area contributed by atoms with E-state index in [4.69, 9.17) is 4.74 Å². The van der Waals surface area contributed by atoms with Crippen LogP contribution in [0.25, 0.3) is 0 Å². The molecule has 1 N–H and O–H groups in total. The largest absolute Gasteiger partial charge is 0.378 e. The molecule has 0 unspecified atom stereocenters. The first-order valence-corrected chi connectivity index (χ1v) is 7.36. The van der Waals surface area contributed by atoms with Crippen LogP contribution in [0.4, 0.5) is 5.82 Å². The standard InChI is InChI=1S/C15H23N3O2/c1-3-16-14-13(6-5-9-17-14)15(19)18-10-7-12(8-11-18)20-4-2/h5-6,9,12H,3-4,7-8,10-11H2,1-2H3,(H,16,17). The zero-order chi connectivity index (χ0) is 14.4. The van der Waals surface area contributed by atoms with Gasteiger partial charge in [-0.05, 0) is 38.8 Å². The molecule has 1 amide bonds. The summed E-state index contributed by atoms with van der Waals surface area (Å²) in [5, 5.41) is 3.14. The third-order valence-electron chi connectivity index (χ3n) is 3.51. The number of likely N-dealkylation sites (tertiary alicyclic amines) is 1. The average molecular weight is 277 g/mol. The fraction of sp³-hybridized carbons (Fsp3) is 0.600. The van der Waals surface area contributed by atoms with Crippen molar-refractivity contribution in [1.29, 1.82) is 0 Å². The summed E-state index contributed by atoms with van der Waals surface area (Å²) < 4.78 is 5.62. The summed E-state index contributed by atoms with van der Waals surface area (Å²) in [7, 11) is 0. The van der Waals surface area contributed by atoms with Crippen molar-refractivity contribution in [3.8, 4) is 0 Å². The summed E-state index contributed by atoms with van der Waals surface area (Å²) in [6, 6.07) is 3.64. The molecule has 1 aromatic heterocycles. The van der Waals surface area contributed by atoms with Crippen LogP contribution in [0, 0.1) is 0 Å². The van der Waals surface area contributed by atoms with Crippen molar-refractivity contribution in [3.63, 3.8) is 0 Å². The van der Waals surface area contributed by atoms with Gasteiger partial charge in [-0.3, -0.25) is 4.79 Å². The number of carbonyl (C=O) groups is 1. The van der Waals surface area contributed by atoms with Crippen LogP contribution < -0.4 is 5.32 Å². The molecule has 1 saturated heterocycles. The van der Waals surface area contributed by atoms with Crippen molar-refractivity contribution < 1.29 is 9.53 Å². The summed E-state index contributed by atoms with van der Waals surface area (Å²) >= 11 is 0. The van der Waals surface area contributed by atoms with E-state index >= 15 is 0 Å². The van der Waals surface area contributed by atoms with Crippen LogP contribution in [0.3, 0.4) is 0 Å². The molecule has 0 aromatic carbocycles. The lowest BCUT2D eigenvalue weighted by molar-refractivity contribution is 0.0146. The first-order chi connectivity index (χ1) is 9.76. The molecule has 110 valence electrons. The van der Waals surface area contributed by atoms with Crippen molar-refractivity contribution in [2.45, 2.75) is 32.8 Å². The zero-order valence-corrected chi connectivity index (χ0v) is 12.3. The van der Waals surface area contributed by atoms with Gasteiger partial charge in [0.2, 0.25) is 0 Å². The molecule has 1 aliphatic rings. The van der Waals surface area contributed by atoms with E-state index in [0.717, 1.165) is 39.1 Å². The maximum atomic E-state index is 12.6. The molecule has 2 heterocycles. The highest BCUT2D eigenvalue weighted by Crippen LogP contribution is 2.19. The number of carbonyl (C=O) groups excluding carboxylic acids is 1. The van der Waals surface area contributed by atoms with Gasteiger partial charge in [0.05, 0.1) is 11.7 Å². The molecule has 1 aromatic rings. The van der Waals surface area contributed by atoms with Gasteiger partial charge in [-0.1, -0.05) is 0 Å². The Labute approximate surface area is 120 Å². The molecular formula is C15H23N3O2. The Hall–Kier alpha value is -1.62. The average Bonchev–Trinajstić information content (AvgIpc) is 2.49. The molecule has 5 heteroatoms. The lowest BCUT2D eigenvalue weighted by Crippen LogP contribution is -2.41. The summed E-state index contributed by atoms with van der Waals surface area (Å²) in [6.07, 6.45) is 3.83. The minimum absolute atomic E-state index is 0.0593. The molecule has 5 nitrogen and oxygen atoms in total. The van der Waals surface area contributed by atoms with E-state index < -0.39 is 0 Å². The maximum absolute atomic E-state index is 12.6. The predicted octanol–water partition coefficient (Wildman–Crippen LogP) is 2.15.